The maximum Gasteiger partial charge on any atom is 0.291 e. The lowest BCUT2D eigenvalue weighted by Crippen LogP contribution is -2.27. The summed E-state index contributed by atoms with van der Waals surface area (Å²) < 4.78 is 7.42. The molecule has 1 aliphatic rings. The van der Waals surface area contributed by atoms with Crippen molar-refractivity contribution in [2.45, 2.75) is 19.5 Å². The van der Waals surface area contributed by atoms with Gasteiger partial charge >= 0.3 is 0 Å². The Kier molecular flexibility index (Phi) is 9.68. The summed E-state index contributed by atoms with van der Waals surface area (Å²) in [7, 11) is 7.13. The second-order valence-electron chi connectivity index (χ2n) is 10.5. The van der Waals surface area contributed by atoms with Gasteiger partial charge in [0.15, 0.2) is 5.82 Å². The fraction of sp³-hybridized carbons (Fsp3) is 0.281. The number of aromatic nitrogens is 3. The number of ether oxygens (including phenoxy) is 1. The van der Waals surface area contributed by atoms with Crippen molar-refractivity contribution in [3.63, 3.8) is 0 Å². The van der Waals surface area contributed by atoms with E-state index in [4.69, 9.17) is 32.9 Å². The van der Waals surface area contributed by atoms with Crippen molar-refractivity contribution in [1.29, 1.82) is 0 Å². The molecule has 3 N–H and O–H groups in total. The van der Waals surface area contributed by atoms with E-state index in [0.29, 0.717) is 75.2 Å². The molecule has 4 aromatic rings. The van der Waals surface area contributed by atoms with Crippen molar-refractivity contribution in [2.75, 3.05) is 39.6 Å². The van der Waals surface area contributed by atoms with Crippen LogP contribution < -0.4 is 20.7 Å². The number of rotatable bonds is 10. The van der Waals surface area contributed by atoms with E-state index in [1.165, 1.54) is 0 Å². The number of likely N-dealkylation sites (N-methyl/N-ethyl adjacent to an activating group) is 2. The Balaban J connectivity index is 1.40. The van der Waals surface area contributed by atoms with E-state index < -0.39 is 0 Å². The summed E-state index contributed by atoms with van der Waals surface area (Å²) in [5.41, 5.74) is 6.34. The van der Waals surface area contributed by atoms with E-state index in [9.17, 15) is 9.59 Å². The molecule has 1 amide bonds. The lowest BCUT2D eigenvalue weighted by molar-refractivity contribution is 0.101. The number of amides is 1. The van der Waals surface area contributed by atoms with Crippen LogP contribution in [0.15, 0.2) is 54.2 Å². The highest BCUT2D eigenvalue weighted by molar-refractivity contribution is 6.39. The first-order valence-corrected chi connectivity index (χ1v) is 14.8. The maximum atomic E-state index is 13.3. The standard InChI is InChI=1S/C32H33Cl2N7O3/c1-35-20(18-42)16-36-15-19-11-12-24(39-32(19)44-4)23-9-5-7-21(28(23)33)22-8-6-10-25(29(22)34)38-31(43)30-37-26-17-40(2)14-13-27(26)41(30)3/h5-12,35-36H,13-17H2,1-4H3,(H,38,43). The van der Waals surface area contributed by atoms with Crippen LogP contribution in [0.4, 0.5) is 5.69 Å². The maximum absolute atomic E-state index is 13.3. The number of benzene rings is 2. The summed E-state index contributed by atoms with van der Waals surface area (Å²) >= 11 is 13.9. The van der Waals surface area contributed by atoms with E-state index in [1.807, 2.05) is 67.1 Å². The van der Waals surface area contributed by atoms with Crippen LogP contribution in [-0.2, 0) is 31.4 Å². The molecular weight excluding hydrogens is 601 g/mol. The van der Waals surface area contributed by atoms with Crippen molar-refractivity contribution >= 4 is 40.7 Å². The summed E-state index contributed by atoms with van der Waals surface area (Å²) in [6, 6.07) is 14.8. The Labute approximate surface area is 266 Å². The van der Waals surface area contributed by atoms with Crippen molar-refractivity contribution in [1.82, 2.24) is 30.1 Å². The molecule has 10 nitrogen and oxygen atoms in total. The molecular formula is C32H33Cl2N7O3. The third-order valence-electron chi connectivity index (χ3n) is 7.64. The molecule has 0 saturated heterocycles. The molecule has 3 heterocycles. The van der Waals surface area contributed by atoms with Crippen molar-refractivity contribution in [3.8, 4) is 28.3 Å². The number of carbonyl (C=O) groups excluding carboxylic acids is 2. The Hall–Kier alpha value is -4.18. The summed E-state index contributed by atoms with van der Waals surface area (Å²) in [5.74, 6) is 2.29. The van der Waals surface area contributed by atoms with Crippen LogP contribution in [0.25, 0.3) is 22.4 Å². The van der Waals surface area contributed by atoms with Crippen LogP contribution in [0.2, 0.25) is 10.0 Å². The first kappa shape index (κ1) is 31.3. The highest BCUT2D eigenvalue weighted by Crippen LogP contribution is 2.41. The number of carbonyl (C=O) groups is 1. The molecule has 0 fully saturated rings. The predicted molar refractivity (Wildman–Crippen MR) is 173 cm³/mol. The summed E-state index contributed by atoms with van der Waals surface area (Å²) in [5, 5.41) is 9.72. The largest absolute Gasteiger partial charge is 0.481 e. The number of pyridine rings is 1. The zero-order valence-corrected chi connectivity index (χ0v) is 26.4. The number of hydrogen-bond donors (Lipinski definition) is 3. The first-order chi connectivity index (χ1) is 21.2. The van der Waals surface area contributed by atoms with Gasteiger partial charge in [0.2, 0.25) is 5.88 Å². The van der Waals surface area contributed by atoms with Gasteiger partial charge in [-0.3, -0.25) is 4.79 Å². The number of imidazole rings is 1. The molecule has 0 aliphatic carbocycles. The normalized spacial score (nSPS) is 12.8. The van der Waals surface area contributed by atoms with Gasteiger partial charge in [-0.25, -0.2) is 14.8 Å². The van der Waals surface area contributed by atoms with Crippen LogP contribution in [0, 0.1) is 0 Å². The fourth-order valence-corrected chi connectivity index (χ4v) is 5.84. The number of halogens is 2. The van der Waals surface area contributed by atoms with Gasteiger partial charge < -0.3 is 30.2 Å². The van der Waals surface area contributed by atoms with Crippen molar-refractivity contribution in [3.05, 3.63) is 87.0 Å². The molecule has 12 heteroatoms. The molecule has 2 aromatic carbocycles. The number of nitrogens with zero attached hydrogens (tertiary/aromatic N) is 4. The van der Waals surface area contributed by atoms with Gasteiger partial charge in [-0.2, -0.15) is 0 Å². The molecule has 44 heavy (non-hydrogen) atoms. The molecule has 1 aliphatic heterocycles. The van der Waals surface area contributed by atoms with Crippen molar-refractivity contribution in [2.24, 2.45) is 7.05 Å². The number of anilines is 1. The predicted octanol–water partition coefficient (Wildman–Crippen LogP) is 4.73. The van der Waals surface area contributed by atoms with E-state index in [0.717, 1.165) is 29.9 Å². The molecule has 0 radical (unpaired) electrons. The minimum Gasteiger partial charge on any atom is -0.481 e. The second kappa shape index (κ2) is 13.6. The molecule has 2 aromatic heterocycles. The highest BCUT2D eigenvalue weighted by Gasteiger charge is 2.25. The van der Waals surface area contributed by atoms with Crippen LogP contribution in [0.1, 0.15) is 27.6 Å². The average Bonchev–Trinajstić information content (AvgIpc) is 3.36. The van der Waals surface area contributed by atoms with Gasteiger partial charge in [0, 0.05) is 74.6 Å². The van der Waals surface area contributed by atoms with Crippen LogP contribution in [-0.4, -0.2) is 65.6 Å². The van der Waals surface area contributed by atoms with Gasteiger partial charge in [0.25, 0.3) is 5.91 Å². The molecule has 0 saturated carbocycles. The Bertz CT molecular complexity index is 1760. The monoisotopic (exact) mass is 633 g/mol. The highest BCUT2D eigenvalue weighted by atomic mass is 35.5. The zero-order valence-electron chi connectivity index (χ0n) is 24.9. The summed E-state index contributed by atoms with van der Waals surface area (Å²) in [6.07, 6.45) is 0.838. The number of nitrogens with one attached hydrogen (secondary N) is 3. The van der Waals surface area contributed by atoms with Gasteiger partial charge in [0.1, 0.15) is 11.6 Å². The molecule has 228 valence electrons. The smallest absolute Gasteiger partial charge is 0.291 e. The van der Waals surface area contributed by atoms with Gasteiger partial charge in [-0.05, 0) is 19.2 Å². The van der Waals surface area contributed by atoms with Gasteiger partial charge in [0.05, 0.1) is 34.2 Å². The fourth-order valence-electron chi connectivity index (χ4n) is 5.24. The van der Waals surface area contributed by atoms with E-state index in [1.54, 1.807) is 20.2 Å². The Morgan fingerprint density at radius 2 is 1.75 bits per heavy atom. The van der Waals surface area contributed by atoms with Crippen LogP contribution >= 0.6 is 23.2 Å². The average molecular weight is 635 g/mol. The van der Waals surface area contributed by atoms with Gasteiger partial charge in [-0.15, -0.1) is 0 Å². The topological polar surface area (TPSA) is 113 Å². The molecule has 0 atom stereocenters. The Morgan fingerprint density at radius 1 is 1.02 bits per heavy atom. The number of fused-ring (bicyclic) bond motifs is 1. The molecule has 5 rings (SSSR count). The second-order valence-corrected chi connectivity index (χ2v) is 11.2. The van der Waals surface area contributed by atoms with E-state index in [2.05, 4.69) is 25.8 Å². The summed E-state index contributed by atoms with van der Waals surface area (Å²) in [4.78, 5) is 35.7. The number of methoxy groups -OCH3 is 1. The third-order valence-corrected chi connectivity index (χ3v) is 8.45. The molecule has 0 bridgehead atoms. The molecule has 0 spiro atoms. The van der Waals surface area contributed by atoms with Crippen molar-refractivity contribution < 1.29 is 14.3 Å². The zero-order chi connectivity index (χ0) is 31.4. The minimum atomic E-state index is -0.335. The van der Waals surface area contributed by atoms with Crippen LogP contribution in [0.3, 0.4) is 0 Å². The van der Waals surface area contributed by atoms with E-state index >= 15 is 0 Å². The third kappa shape index (κ3) is 6.36. The lowest BCUT2D eigenvalue weighted by atomic mass is 10.00. The lowest BCUT2D eigenvalue weighted by Gasteiger charge is -2.21. The number of hydrogen-bond acceptors (Lipinski definition) is 8. The van der Waals surface area contributed by atoms with E-state index in [-0.39, 0.29) is 5.91 Å². The Morgan fingerprint density at radius 3 is 2.48 bits per heavy atom. The first-order valence-electron chi connectivity index (χ1n) is 14.0. The quantitative estimate of drug-likeness (QED) is 0.215. The molecule has 0 unspecified atom stereocenters. The minimum absolute atomic E-state index is 0.334. The van der Waals surface area contributed by atoms with Crippen LogP contribution in [0.5, 0.6) is 5.88 Å². The summed E-state index contributed by atoms with van der Waals surface area (Å²) in [6.45, 7) is 2.39. The SMILES string of the molecule is CNC(=C=O)CNCc1ccc(-c2cccc(-c3cccc(NC(=O)c4nc5c(n4C)CCN(C)C5)c3Cl)c2Cl)nc1OC. The van der Waals surface area contributed by atoms with Gasteiger partial charge in [-0.1, -0.05) is 59.6 Å².